The summed E-state index contributed by atoms with van der Waals surface area (Å²) in [5.41, 5.74) is 1.88. The number of aromatic nitrogens is 2. The van der Waals surface area contributed by atoms with E-state index in [1.807, 2.05) is 6.92 Å². The average molecular weight is 251 g/mol. The molecule has 1 fully saturated rings. The number of carbonyl (C=O) groups excluding carboxylic acids is 2. The van der Waals surface area contributed by atoms with Crippen molar-refractivity contribution in [3.63, 3.8) is 0 Å². The van der Waals surface area contributed by atoms with Gasteiger partial charge in [-0.15, -0.1) is 0 Å². The van der Waals surface area contributed by atoms with Crippen LogP contribution in [0.15, 0.2) is 6.33 Å². The maximum Gasteiger partial charge on any atom is 0.270 e. The van der Waals surface area contributed by atoms with Crippen LogP contribution in [0.3, 0.4) is 0 Å². The largest absolute Gasteiger partial charge is 0.340 e. The molecule has 1 aromatic rings. The standard InChI is InChI=1S/C11H13N3O2S/c1-6-7(2)12-5-13-9(6)10(15)14-8-3-4-17-11(8)16/h5,8H,3-4H2,1-2H3,(H,14,15). The number of hydrogen-bond acceptors (Lipinski definition) is 5. The highest BCUT2D eigenvalue weighted by molar-refractivity contribution is 8.14. The summed E-state index contributed by atoms with van der Waals surface area (Å²) in [7, 11) is 0. The molecule has 1 unspecified atom stereocenters. The first kappa shape index (κ1) is 12.0. The summed E-state index contributed by atoms with van der Waals surface area (Å²) in [6.45, 7) is 3.62. The number of aryl methyl sites for hydroxylation is 1. The second kappa shape index (κ2) is 4.83. The van der Waals surface area contributed by atoms with Crippen molar-refractivity contribution in [3.05, 3.63) is 23.3 Å². The van der Waals surface area contributed by atoms with Crippen LogP contribution in [-0.4, -0.2) is 32.8 Å². The third kappa shape index (κ3) is 2.46. The van der Waals surface area contributed by atoms with E-state index in [1.54, 1.807) is 6.92 Å². The Balaban J connectivity index is 2.14. The average Bonchev–Trinajstić information content (AvgIpc) is 2.68. The molecule has 1 aromatic heterocycles. The molecule has 0 aromatic carbocycles. The third-order valence-electron chi connectivity index (χ3n) is 2.79. The van der Waals surface area contributed by atoms with E-state index in [0.717, 1.165) is 17.0 Å². The predicted molar refractivity (Wildman–Crippen MR) is 64.8 cm³/mol. The zero-order chi connectivity index (χ0) is 12.4. The molecule has 90 valence electrons. The van der Waals surface area contributed by atoms with Gasteiger partial charge in [-0.1, -0.05) is 11.8 Å². The third-order valence-corrected chi connectivity index (χ3v) is 3.80. The number of thioether (sulfide) groups is 1. The van der Waals surface area contributed by atoms with Crippen LogP contribution in [0.4, 0.5) is 0 Å². The molecule has 1 atom stereocenters. The molecule has 1 amide bonds. The molecule has 0 saturated carbocycles. The fourth-order valence-electron chi connectivity index (χ4n) is 1.62. The van der Waals surface area contributed by atoms with Crippen molar-refractivity contribution >= 4 is 22.8 Å². The number of carbonyl (C=O) groups is 2. The highest BCUT2D eigenvalue weighted by Crippen LogP contribution is 2.20. The van der Waals surface area contributed by atoms with Gasteiger partial charge in [-0.2, -0.15) is 0 Å². The molecule has 1 N–H and O–H groups in total. The van der Waals surface area contributed by atoms with E-state index in [2.05, 4.69) is 15.3 Å². The van der Waals surface area contributed by atoms with Crippen LogP contribution in [-0.2, 0) is 4.79 Å². The van der Waals surface area contributed by atoms with Gasteiger partial charge in [-0.25, -0.2) is 9.97 Å². The Bertz CT molecular complexity index is 476. The van der Waals surface area contributed by atoms with Crippen LogP contribution in [0.2, 0.25) is 0 Å². The summed E-state index contributed by atoms with van der Waals surface area (Å²) in [6.07, 6.45) is 2.06. The van der Waals surface area contributed by atoms with E-state index < -0.39 is 0 Å². The van der Waals surface area contributed by atoms with E-state index >= 15 is 0 Å². The lowest BCUT2D eigenvalue weighted by Crippen LogP contribution is -2.38. The summed E-state index contributed by atoms with van der Waals surface area (Å²) >= 11 is 1.26. The second-order valence-corrected chi connectivity index (χ2v) is 5.01. The lowest BCUT2D eigenvalue weighted by molar-refractivity contribution is -0.112. The Hall–Kier alpha value is -1.43. The van der Waals surface area contributed by atoms with Gasteiger partial charge in [-0.05, 0) is 20.3 Å². The summed E-state index contributed by atoms with van der Waals surface area (Å²) in [5.74, 6) is 0.472. The summed E-state index contributed by atoms with van der Waals surface area (Å²) in [4.78, 5) is 31.3. The molecule has 1 aliphatic heterocycles. The number of hydrogen-bond donors (Lipinski definition) is 1. The highest BCUT2D eigenvalue weighted by atomic mass is 32.2. The van der Waals surface area contributed by atoms with E-state index in [-0.39, 0.29) is 17.1 Å². The first-order valence-electron chi connectivity index (χ1n) is 5.35. The monoisotopic (exact) mass is 251 g/mol. The van der Waals surface area contributed by atoms with Crippen molar-refractivity contribution < 1.29 is 9.59 Å². The molecule has 0 aliphatic carbocycles. The summed E-state index contributed by atoms with van der Waals surface area (Å²) < 4.78 is 0. The molecule has 2 rings (SSSR count). The first-order valence-corrected chi connectivity index (χ1v) is 6.34. The second-order valence-electron chi connectivity index (χ2n) is 3.91. The molecule has 0 bridgehead atoms. The molecule has 1 saturated heterocycles. The van der Waals surface area contributed by atoms with Gasteiger partial charge in [0.1, 0.15) is 12.0 Å². The molecule has 6 heteroatoms. The normalized spacial score (nSPS) is 19.4. The molecular weight excluding hydrogens is 238 g/mol. The maximum atomic E-state index is 12.0. The SMILES string of the molecule is Cc1ncnc(C(=O)NC2CCSC2=O)c1C. The first-order chi connectivity index (χ1) is 8.09. The van der Waals surface area contributed by atoms with Crippen molar-refractivity contribution in [2.45, 2.75) is 26.3 Å². The Kier molecular flexibility index (Phi) is 3.42. The Morgan fingerprint density at radius 3 is 2.88 bits per heavy atom. The van der Waals surface area contributed by atoms with Gasteiger partial charge >= 0.3 is 0 Å². The van der Waals surface area contributed by atoms with Gasteiger partial charge < -0.3 is 5.32 Å². The smallest absolute Gasteiger partial charge is 0.270 e. The van der Waals surface area contributed by atoms with Crippen LogP contribution >= 0.6 is 11.8 Å². The Labute approximate surface area is 103 Å². The molecular formula is C11H13N3O2S. The van der Waals surface area contributed by atoms with Gasteiger partial charge in [0, 0.05) is 17.0 Å². The quantitative estimate of drug-likeness (QED) is 0.844. The van der Waals surface area contributed by atoms with Crippen molar-refractivity contribution in [1.29, 1.82) is 0 Å². The van der Waals surface area contributed by atoms with Crippen LogP contribution in [0.1, 0.15) is 28.2 Å². The van der Waals surface area contributed by atoms with Crippen LogP contribution in [0.5, 0.6) is 0 Å². The molecule has 5 nitrogen and oxygen atoms in total. The summed E-state index contributed by atoms with van der Waals surface area (Å²) in [5, 5.41) is 2.74. The number of nitrogens with one attached hydrogen (secondary N) is 1. The predicted octanol–water partition coefficient (Wildman–Crippen LogP) is 0.855. The lowest BCUT2D eigenvalue weighted by Gasteiger charge is -2.11. The van der Waals surface area contributed by atoms with E-state index in [0.29, 0.717) is 12.1 Å². The lowest BCUT2D eigenvalue weighted by atomic mass is 10.1. The minimum absolute atomic E-state index is 0.0294. The van der Waals surface area contributed by atoms with Crippen molar-refractivity contribution in [2.75, 3.05) is 5.75 Å². The zero-order valence-corrected chi connectivity index (χ0v) is 10.5. The molecule has 0 spiro atoms. The molecule has 17 heavy (non-hydrogen) atoms. The molecule has 2 heterocycles. The molecule has 0 radical (unpaired) electrons. The molecule has 1 aliphatic rings. The fraction of sp³-hybridized carbons (Fsp3) is 0.455. The van der Waals surface area contributed by atoms with Gasteiger partial charge in [0.25, 0.3) is 5.91 Å². The minimum atomic E-state index is -0.373. The van der Waals surface area contributed by atoms with Crippen LogP contribution < -0.4 is 5.32 Å². The van der Waals surface area contributed by atoms with Crippen molar-refractivity contribution in [3.8, 4) is 0 Å². The fourth-order valence-corrected chi connectivity index (χ4v) is 2.55. The zero-order valence-electron chi connectivity index (χ0n) is 9.69. The van der Waals surface area contributed by atoms with E-state index in [4.69, 9.17) is 0 Å². The highest BCUT2D eigenvalue weighted by Gasteiger charge is 2.27. The van der Waals surface area contributed by atoms with Gasteiger partial charge in [0.15, 0.2) is 0 Å². The maximum absolute atomic E-state index is 12.0. The number of amides is 1. The van der Waals surface area contributed by atoms with Crippen molar-refractivity contribution in [1.82, 2.24) is 15.3 Å². The topological polar surface area (TPSA) is 72.0 Å². The van der Waals surface area contributed by atoms with Gasteiger partial charge in [0.2, 0.25) is 5.12 Å². The van der Waals surface area contributed by atoms with Crippen molar-refractivity contribution in [2.24, 2.45) is 0 Å². The number of rotatable bonds is 2. The van der Waals surface area contributed by atoms with Gasteiger partial charge in [-0.3, -0.25) is 9.59 Å². The van der Waals surface area contributed by atoms with Crippen LogP contribution in [0, 0.1) is 13.8 Å². The Morgan fingerprint density at radius 1 is 1.47 bits per heavy atom. The van der Waals surface area contributed by atoms with Crippen LogP contribution in [0.25, 0.3) is 0 Å². The Morgan fingerprint density at radius 2 is 2.24 bits per heavy atom. The van der Waals surface area contributed by atoms with E-state index in [1.165, 1.54) is 18.1 Å². The van der Waals surface area contributed by atoms with E-state index in [9.17, 15) is 9.59 Å². The minimum Gasteiger partial charge on any atom is -0.340 e. The van der Waals surface area contributed by atoms with Gasteiger partial charge in [0.05, 0.1) is 6.04 Å². The number of nitrogens with zero attached hydrogens (tertiary/aromatic N) is 2. The summed E-state index contributed by atoms with van der Waals surface area (Å²) in [6, 6.07) is -0.373.